The molecule has 3 aliphatic rings. The average Bonchev–Trinajstić information content (AvgIpc) is 3.63. The summed E-state index contributed by atoms with van der Waals surface area (Å²) < 4.78 is 12.6. The Labute approximate surface area is 248 Å². The minimum absolute atomic E-state index is 0.00387. The summed E-state index contributed by atoms with van der Waals surface area (Å²) in [5, 5.41) is 10.2. The number of likely N-dealkylation sites (tertiary alicyclic amines) is 1. The molecule has 3 amide bonds. The van der Waals surface area contributed by atoms with Crippen molar-refractivity contribution in [2.24, 2.45) is 17.6 Å². The minimum Gasteiger partial charge on any atom is -0.457 e. The lowest BCUT2D eigenvalue weighted by atomic mass is 9.79. The van der Waals surface area contributed by atoms with E-state index < -0.39 is 30.0 Å². The van der Waals surface area contributed by atoms with E-state index in [-0.39, 0.29) is 48.1 Å². The largest absolute Gasteiger partial charge is 0.457 e. The van der Waals surface area contributed by atoms with Crippen LogP contribution in [0.15, 0.2) is 54.5 Å². The van der Waals surface area contributed by atoms with Crippen molar-refractivity contribution in [3.05, 3.63) is 60.2 Å². The van der Waals surface area contributed by atoms with Crippen LogP contribution in [0.4, 0.5) is 4.79 Å². The number of aromatic nitrogens is 2. The van der Waals surface area contributed by atoms with Crippen LogP contribution in [0, 0.1) is 11.8 Å². The normalized spacial score (nSPS) is 25.8. The highest BCUT2D eigenvalue weighted by molar-refractivity contribution is 8.03. The maximum absolute atomic E-state index is 13.1. The van der Waals surface area contributed by atoms with Crippen LogP contribution in [0.3, 0.4) is 0 Å². The summed E-state index contributed by atoms with van der Waals surface area (Å²) in [7, 11) is 0. The molecule has 226 valence electrons. The number of carbonyl (C=O) groups is 4. The fourth-order valence-electron chi connectivity index (χ4n) is 5.77. The van der Waals surface area contributed by atoms with Crippen molar-refractivity contribution in [2.75, 3.05) is 19.8 Å². The molecule has 1 aromatic rings. The fourth-order valence-corrected chi connectivity index (χ4v) is 7.33. The third kappa shape index (κ3) is 6.46. The van der Waals surface area contributed by atoms with Crippen molar-refractivity contribution in [1.29, 1.82) is 0 Å². The van der Waals surface area contributed by atoms with Crippen molar-refractivity contribution in [3.63, 3.8) is 0 Å². The van der Waals surface area contributed by atoms with Gasteiger partial charge in [0.15, 0.2) is 0 Å². The third-order valence-electron chi connectivity index (χ3n) is 7.66. The number of aliphatic hydroxyl groups excluding tert-OH is 1. The minimum atomic E-state index is -0.850. The number of rotatable bonds is 13. The number of primary amides is 1. The number of carbonyl (C=O) groups excluding carboxylic acids is 4. The first kappa shape index (κ1) is 31.1. The summed E-state index contributed by atoms with van der Waals surface area (Å²) in [6.07, 6.45) is 9.10. The van der Waals surface area contributed by atoms with E-state index in [0.717, 1.165) is 4.91 Å². The topological polar surface area (TPSA) is 157 Å². The molecule has 0 spiro atoms. The van der Waals surface area contributed by atoms with Gasteiger partial charge < -0.3 is 34.7 Å². The molecule has 12 nitrogen and oxygen atoms in total. The Morgan fingerprint density at radius 2 is 1.98 bits per heavy atom. The summed E-state index contributed by atoms with van der Waals surface area (Å²) in [6.45, 7) is 11.8. The van der Waals surface area contributed by atoms with E-state index in [4.69, 9.17) is 15.2 Å². The van der Waals surface area contributed by atoms with Gasteiger partial charge >= 0.3 is 12.1 Å². The highest BCUT2D eigenvalue weighted by Crippen LogP contribution is 2.52. The van der Waals surface area contributed by atoms with Gasteiger partial charge in [-0.05, 0) is 25.8 Å². The number of hydrogen-bond donors (Lipinski definition) is 2. The van der Waals surface area contributed by atoms with Gasteiger partial charge in [0.05, 0.1) is 30.1 Å². The van der Waals surface area contributed by atoms with Crippen LogP contribution < -0.4 is 5.73 Å². The molecule has 2 saturated heterocycles. The molecule has 0 aliphatic carbocycles. The van der Waals surface area contributed by atoms with E-state index in [1.807, 2.05) is 11.5 Å². The Morgan fingerprint density at radius 1 is 1.26 bits per heavy atom. The van der Waals surface area contributed by atoms with Gasteiger partial charge in [-0.1, -0.05) is 32.2 Å². The number of fused-ring (bicyclic) bond motifs is 1. The number of hydrogen-bond acceptors (Lipinski definition) is 9. The zero-order chi connectivity index (χ0) is 30.6. The number of esters is 1. The number of thioether (sulfide) groups is 1. The lowest BCUT2D eigenvalue weighted by Crippen LogP contribution is -2.63. The summed E-state index contributed by atoms with van der Waals surface area (Å²) in [5.74, 6) is -2.27. The lowest BCUT2D eigenvalue weighted by Gasteiger charge is -2.46. The molecule has 6 atom stereocenters. The summed E-state index contributed by atoms with van der Waals surface area (Å²) in [6, 6.07) is -0.500. The number of nitrogens with two attached hydrogens (primary N) is 1. The molecule has 0 aromatic carbocycles. The van der Waals surface area contributed by atoms with Crippen LogP contribution in [0.1, 0.15) is 32.4 Å². The van der Waals surface area contributed by atoms with Crippen molar-refractivity contribution >= 4 is 41.7 Å². The SMILES string of the molecule is C=CCOC(=O)C1=C(S[C@H]2C[C@@H](CCn3cnc(C=CC(N)=O)c3)N(C(=O)OCC=C)C2)[C@H](C)[C@@H]2[C@@H]([C@@H](C)O)C(=O)N12. The van der Waals surface area contributed by atoms with E-state index >= 15 is 0 Å². The Kier molecular flexibility index (Phi) is 9.94. The van der Waals surface area contributed by atoms with Gasteiger partial charge in [0.2, 0.25) is 11.8 Å². The molecule has 0 bridgehead atoms. The fraction of sp³-hybridized carbons (Fsp3) is 0.483. The molecule has 3 aliphatic heterocycles. The quantitative estimate of drug-likeness (QED) is 0.150. The van der Waals surface area contributed by atoms with Crippen LogP contribution in [0.2, 0.25) is 0 Å². The number of imidazole rings is 1. The first-order chi connectivity index (χ1) is 20.1. The van der Waals surface area contributed by atoms with Crippen molar-refractivity contribution in [2.45, 2.75) is 56.7 Å². The van der Waals surface area contributed by atoms with E-state index in [2.05, 4.69) is 18.1 Å². The molecule has 4 rings (SSSR count). The first-order valence-electron chi connectivity index (χ1n) is 13.8. The van der Waals surface area contributed by atoms with Crippen molar-refractivity contribution in [3.8, 4) is 0 Å². The summed E-state index contributed by atoms with van der Waals surface area (Å²) >= 11 is 1.48. The molecule has 42 heavy (non-hydrogen) atoms. The molecule has 1 aromatic heterocycles. The molecular formula is C29H37N5O7S. The molecule has 3 N–H and O–H groups in total. The summed E-state index contributed by atoms with van der Waals surface area (Å²) in [5.41, 5.74) is 5.95. The third-order valence-corrected chi connectivity index (χ3v) is 9.15. The van der Waals surface area contributed by atoms with Crippen LogP contribution in [0.25, 0.3) is 6.08 Å². The maximum atomic E-state index is 13.1. The second-order valence-electron chi connectivity index (χ2n) is 10.6. The highest BCUT2D eigenvalue weighted by Gasteiger charge is 2.60. The second-order valence-corrected chi connectivity index (χ2v) is 11.9. The molecular weight excluding hydrogens is 562 g/mol. The monoisotopic (exact) mass is 599 g/mol. The lowest BCUT2D eigenvalue weighted by molar-refractivity contribution is -0.164. The van der Waals surface area contributed by atoms with Crippen LogP contribution >= 0.6 is 11.8 Å². The zero-order valence-corrected chi connectivity index (χ0v) is 24.6. The van der Waals surface area contributed by atoms with Crippen LogP contribution in [-0.2, 0) is 30.4 Å². The van der Waals surface area contributed by atoms with E-state index in [0.29, 0.717) is 31.6 Å². The van der Waals surface area contributed by atoms with Crippen molar-refractivity contribution in [1.82, 2.24) is 19.4 Å². The Morgan fingerprint density at radius 3 is 2.64 bits per heavy atom. The van der Waals surface area contributed by atoms with Gasteiger partial charge in [-0.25, -0.2) is 14.6 Å². The number of aryl methyl sites for hydroxylation is 1. The zero-order valence-electron chi connectivity index (χ0n) is 23.8. The second kappa shape index (κ2) is 13.4. The maximum Gasteiger partial charge on any atom is 0.410 e. The van der Waals surface area contributed by atoms with Gasteiger partial charge in [-0.15, -0.1) is 11.8 Å². The molecule has 4 heterocycles. The summed E-state index contributed by atoms with van der Waals surface area (Å²) in [4.78, 5) is 58.2. The first-order valence-corrected chi connectivity index (χ1v) is 14.7. The smallest absolute Gasteiger partial charge is 0.410 e. The van der Waals surface area contributed by atoms with Crippen molar-refractivity contribution < 1.29 is 33.8 Å². The predicted molar refractivity (Wildman–Crippen MR) is 156 cm³/mol. The number of aliphatic hydroxyl groups is 1. The Bertz CT molecular complexity index is 1300. The molecule has 0 unspecified atom stereocenters. The van der Waals surface area contributed by atoms with Gasteiger partial charge in [0.25, 0.3) is 0 Å². The average molecular weight is 600 g/mol. The molecule has 2 fully saturated rings. The van der Waals surface area contributed by atoms with E-state index in [1.165, 1.54) is 41.0 Å². The van der Waals surface area contributed by atoms with Crippen LogP contribution in [0.5, 0.6) is 0 Å². The number of β-lactam (4-membered cyclic amide) rings is 1. The predicted octanol–water partition coefficient (Wildman–Crippen LogP) is 2.07. The highest BCUT2D eigenvalue weighted by atomic mass is 32.2. The number of nitrogens with zero attached hydrogens (tertiary/aromatic N) is 4. The van der Waals surface area contributed by atoms with Gasteiger partial charge in [-0.3, -0.25) is 9.59 Å². The molecule has 13 heteroatoms. The van der Waals surface area contributed by atoms with Gasteiger partial charge in [0, 0.05) is 47.5 Å². The van der Waals surface area contributed by atoms with E-state index in [1.54, 1.807) is 24.3 Å². The van der Waals surface area contributed by atoms with Gasteiger partial charge in [0.1, 0.15) is 18.9 Å². The number of ether oxygens (including phenoxy) is 2. The standard InChI is InChI=1S/C29H37N5O7S/c1-5-11-40-28(38)25-26(17(3)24-23(18(4)35)27(37)34(24)25)42-21-13-20(33(15-21)29(39)41-12-6-2)9-10-32-14-19(31-16-32)7-8-22(30)36/h5-8,14,16-18,20-21,23-24,35H,1-2,9-13,15H2,3-4H3,(H2,30,36)/t17-,18-,20-,21+,23-,24-/m1/s1. The van der Waals surface area contributed by atoms with E-state index in [9.17, 15) is 24.3 Å². The Balaban J connectivity index is 1.53. The van der Waals surface area contributed by atoms with Crippen LogP contribution in [-0.4, -0.2) is 91.5 Å². The Hall–Kier alpha value is -3.84. The van der Waals surface area contributed by atoms with Gasteiger partial charge in [-0.2, -0.15) is 0 Å². The molecule has 0 saturated carbocycles. The number of amides is 3. The molecule has 0 radical (unpaired) electrons.